The highest BCUT2D eigenvalue weighted by molar-refractivity contribution is 9.10. The zero-order valence-corrected chi connectivity index (χ0v) is 11.6. The summed E-state index contributed by atoms with van der Waals surface area (Å²) in [6.07, 6.45) is -1.40. The zero-order chi connectivity index (χ0) is 14.7. The third kappa shape index (κ3) is 3.13. The van der Waals surface area contributed by atoms with E-state index in [0.717, 1.165) is 0 Å². The summed E-state index contributed by atoms with van der Waals surface area (Å²) in [5.74, 6) is -0.832. The topological polar surface area (TPSA) is 29.5 Å². The molecule has 2 aromatic rings. The van der Waals surface area contributed by atoms with Gasteiger partial charge in [-0.3, -0.25) is 0 Å². The number of hydrogen-bond donors (Lipinski definition) is 1. The van der Waals surface area contributed by atoms with Gasteiger partial charge in [0.2, 0.25) is 0 Å². The van der Waals surface area contributed by atoms with Gasteiger partial charge in [-0.1, -0.05) is 30.3 Å². The molecule has 1 N–H and O–H groups in total. The number of halogens is 4. The largest absolute Gasteiger partial charge is 0.434 e. The average Bonchev–Trinajstić information content (AvgIpc) is 2.41. The van der Waals surface area contributed by atoms with Gasteiger partial charge in [-0.05, 0) is 28.1 Å². The van der Waals surface area contributed by atoms with Crippen molar-refractivity contribution in [3.63, 3.8) is 0 Å². The molecule has 2 nitrogen and oxygen atoms in total. The van der Waals surface area contributed by atoms with Crippen molar-refractivity contribution >= 4 is 15.9 Å². The lowest BCUT2D eigenvalue weighted by molar-refractivity contribution is -0.0512. The summed E-state index contributed by atoms with van der Waals surface area (Å²) in [6.45, 7) is -3.02. The second-order valence-electron chi connectivity index (χ2n) is 3.96. The SMILES string of the molecule is OC(c1ccccc1OC(F)F)c1cccc(Br)c1F. The Kier molecular flexibility index (Phi) is 4.67. The minimum atomic E-state index is -3.02. The fourth-order valence-corrected chi connectivity index (χ4v) is 2.19. The summed E-state index contributed by atoms with van der Waals surface area (Å²) in [5, 5.41) is 10.2. The number of hydrogen-bond acceptors (Lipinski definition) is 2. The third-order valence-corrected chi connectivity index (χ3v) is 3.32. The normalized spacial score (nSPS) is 12.5. The predicted octanol–water partition coefficient (Wildman–Crippen LogP) is 4.27. The van der Waals surface area contributed by atoms with Gasteiger partial charge in [-0.2, -0.15) is 8.78 Å². The highest BCUT2D eigenvalue weighted by atomic mass is 79.9. The number of para-hydroxylation sites is 1. The Morgan fingerprint density at radius 1 is 1.00 bits per heavy atom. The highest BCUT2D eigenvalue weighted by Gasteiger charge is 2.21. The van der Waals surface area contributed by atoms with Crippen LogP contribution in [0.5, 0.6) is 5.75 Å². The molecule has 0 aliphatic rings. The van der Waals surface area contributed by atoms with E-state index in [2.05, 4.69) is 20.7 Å². The monoisotopic (exact) mass is 346 g/mol. The Bertz CT molecular complexity index is 605. The summed E-state index contributed by atoms with van der Waals surface area (Å²) in [7, 11) is 0. The molecule has 0 saturated heterocycles. The van der Waals surface area contributed by atoms with Gasteiger partial charge < -0.3 is 9.84 Å². The molecule has 0 aliphatic heterocycles. The second kappa shape index (κ2) is 6.28. The molecule has 0 radical (unpaired) electrons. The van der Waals surface area contributed by atoms with Gasteiger partial charge in [0.1, 0.15) is 17.7 Å². The summed E-state index contributed by atoms with van der Waals surface area (Å²) in [5.41, 5.74) is 0.0505. The number of alkyl halides is 2. The van der Waals surface area contributed by atoms with E-state index >= 15 is 0 Å². The highest BCUT2D eigenvalue weighted by Crippen LogP contribution is 2.33. The maximum atomic E-state index is 13.9. The van der Waals surface area contributed by atoms with Crippen LogP contribution in [0.2, 0.25) is 0 Å². The zero-order valence-electron chi connectivity index (χ0n) is 10.1. The van der Waals surface area contributed by atoms with Crippen molar-refractivity contribution in [1.82, 2.24) is 0 Å². The van der Waals surface area contributed by atoms with Crippen molar-refractivity contribution in [2.24, 2.45) is 0 Å². The molecule has 0 aliphatic carbocycles. The van der Waals surface area contributed by atoms with E-state index in [9.17, 15) is 18.3 Å². The lowest BCUT2D eigenvalue weighted by Gasteiger charge is -2.17. The molecule has 0 saturated carbocycles. The molecular weight excluding hydrogens is 337 g/mol. The van der Waals surface area contributed by atoms with Crippen molar-refractivity contribution in [3.05, 3.63) is 63.9 Å². The molecule has 0 bridgehead atoms. The molecule has 6 heteroatoms. The quantitative estimate of drug-likeness (QED) is 0.895. The maximum Gasteiger partial charge on any atom is 0.387 e. The van der Waals surface area contributed by atoms with Crippen LogP contribution in [0.15, 0.2) is 46.9 Å². The van der Waals surface area contributed by atoms with Crippen LogP contribution < -0.4 is 4.74 Å². The third-order valence-electron chi connectivity index (χ3n) is 2.71. The molecule has 106 valence electrons. The minimum Gasteiger partial charge on any atom is -0.434 e. The first-order valence-electron chi connectivity index (χ1n) is 5.66. The van der Waals surface area contributed by atoms with Crippen LogP contribution in [0.4, 0.5) is 13.2 Å². The van der Waals surface area contributed by atoms with Crippen LogP contribution in [0.1, 0.15) is 17.2 Å². The summed E-state index contributed by atoms with van der Waals surface area (Å²) in [4.78, 5) is 0. The van der Waals surface area contributed by atoms with Gasteiger partial charge in [0.15, 0.2) is 0 Å². The van der Waals surface area contributed by atoms with Crippen LogP contribution in [0.3, 0.4) is 0 Å². The van der Waals surface area contributed by atoms with Crippen LogP contribution >= 0.6 is 15.9 Å². The number of rotatable bonds is 4. The van der Waals surface area contributed by atoms with Crippen molar-refractivity contribution in [1.29, 1.82) is 0 Å². The molecule has 0 heterocycles. The minimum absolute atomic E-state index is 0.0234. The van der Waals surface area contributed by atoms with Crippen LogP contribution in [-0.2, 0) is 0 Å². The van der Waals surface area contributed by atoms with E-state index in [1.807, 2.05) is 0 Å². The number of ether oxygens (including phenoxy) is 1. The number of aliphatic hydroxyl groups is 1. The van der Waals surface area contributed by atoms with Gasteiger partial charge in [0.25, 0.3) is 0 Å². The van der Waals surface area contributed by atoms with Gasteiger partial charge in [-0.25, -0.2) is 4.39 Å². The molecular formula is C14H10BrF3O2. The fourth-order valence-electron chi connectivity index (χ4n) is 1.81. The van der Waals surface area contributed by atoms with E-state index < -0.39 is 18.5 Å². The lowest BCUT2D eigenvalue weighted by Crippen LogP contribution is -2.09. The van der Waals surface area contributed by atoms with Crippen LogP contribution in [0, 0.1) is 5.82 Å². The first-order valence-corrected chi connectivity index (χ1v) is 6.45. The Balaban J connectivity index is 2.43. The smallest absolute Gasteiger partial charge is 0.387 e. The van der Waals surface area contributed by atoms with Gasteiger partial charge >= 0.3 is 6.61 Å². The van der Waals surface area contributed by atoms with Crippen molar-refractivity contribution < 1.29 is 23.0 Å². The standard InChI is InChI=1S/C14H10BrF3O2/c15-10-6-3-5-9(12(10)16)13(19)8-4-1-2-7-11(8)20-14(17)18/h1-7,13-14,19H. The Hall–Kier alpha value is -1.53. The van der Waals surface area contributed by atoms with Crippen molar-refractivity contribution in [3.8, 4) is 5.75 Å². The second-order valence-corrected chi connectivity index (χ2v) is 4.82. The molecule has 2 aromatic carbocycles. The summed E-state index contributed by atoms with van der Waals surface area (Å²) < 4.78 is 43.1. The molecule has 1 atom stereocenters. The van der Waals surface area contributed by atoms with Gasteiger partial charge in [0.05, 0.1) is 4.47 Å². The van der Waals surface area contributed by atoms with E-state index in [1.165, 1.54) is 30.3 Å². The first kappa shape index (κ1) is 14.9. The predicted molar refractivity (Wildman–Crippen MR) is 71.2 cm³/mol. The Morgan fingerprint density at radius 3 is 2.35 bits per heavy atom. The van der Waals surface area contributed by atoms with Crippen molar-refractivity contribution in [2.75, 3.05) is 0 Å². The van der Waals surface area contributed by atoms with E-state index in [1.54, 1.807) is 12.1 Å². The van der Waals surface area contributed by atoms with E-state index in [0.29, 0.717) is 0 Å². The van der Waals surface area contributed by atoms with Crippen LogP contribution in [-0.4, -0.2) is 11.7 Å². The molecule has 0 aromatic heterocycles. The van der Waals surface area contributed by atoms with E-state index in [-0.39, 0.29) is 21.3 Å². The summed E-state index contributed by atoms with van der Waals surface area (Å²) >= 11 is 3.01. The Morgan fingerprint density at radius 2 is 1.65 bits per heavy atom. The molecule has 0 spiro atoms. The molecule has 0 amide bonds. The Labute approximate surface area is 121 Å². The fraction of sp³-hybridized carbons (Fsp3) is 0.143. The number of benzene rings is 2. The van der Waals surface area contributed by atoms with Gasteiger partial charge in [-0.15, -0.1) is 0 Å². The number of aliphatic hydroxyl groups excluding tert-OH is 1. The van der Waals surface area contributed by atoms with E-state index in [4.69, 9.17) is 0 Å². The molecule has 20 heavy (non-hydrogen) atoms. The van der Waals surface area contributed by atoms with Crippen LogP contribution in [0.25, 0.3) is 0 Å². The lowest BCUT2D eigenvalue weighted by atomic mass is 10.0. The summed E-state index contributed by atoms with van der Waals surface area (Å²) in [6, 6.07) is 10.1. The maximum absolute atomic E-state index is 13.9. The average molecular weight is 347 g/mol. The molecule has 0 fully saturated rings. The van der Waals surface area contributed by atoms with Crippen molar-refractivity contribution in [2.45, 2.75) is 12.7 Å². The molecule has 1 unspecified atom stereocenters. The van der Waals surface area contributed by atoms with Gasteiger partial charge in [0, 0.05) is 11.1 Å². The first-order chi connectivity index (χ1) is 9.50. The molecule has 2 rings (SSSR count).